The summed E-state index contributed by atoms with van der Waals surface area (Å²) in [7, 11) is 1.61. The highest BCUT2D eigenvalue weighted by Crippen LogP contribution is 2.33. The fourth-order valence-corrected chi connectivity index (χ4v) is 2.87. The van der Waals surface area contributed by atoms with Crippen LogP contribution >= 0.6 is 28.1 Å². The smallest absolute Gasteiger partial charge is 0.186 e. The zero-order valence-corrected chi connectivity index (χ0v) is 17.4. The standard InChI is InChI=1S/C19H22BrN3O2S/c1-4-21-19(26)23-22-11-15-9-17(24-3)18(10-16(15)20)25-12-14-7-5-6-13(2)8-14/h5-11H,4,12H2,1-3H3,(H2,21,23,26). The van der Waals surface area contributed by atoms with Crippen LogP contribution < -0.4 is 20.2 Å². The predicted molar refractivity (Wildman–Crippen MR) is 113 cm³/mol. The summed E-state index contributed by atoms with van der Waals surface area (Å²) in [5.41, 5.74) is 5.91. The topological polar surface area (TPSA) is 54.9 Å². The average Bonchev–Trinajstić information content (AvgIpc) is 2.61. The number of hydrogen-bond donors (Lipinski definition) is 2. The van der Waals surface area contributed by atoms with E-state index in [0.717, 1.165) is 22.1 Å². The van der Waals surface area contributed by atoms with Crippen molar-refractivity contribution in [2.24, 2.45) is 5.10 Å². The molecule has 2 rings (SSSR count). The van der Waals surface area contributed by atoms with Crippen LogP contribution in [0.15, 0.2) is 46.0 Å². The number of halogens is 1. The van der Waals surface area contributed by atoms with Gasteiger partial charge in [-0.3, -0.25) is 5.43 Å². The first kappa shape index (κ1) is 20.2. The number of thiocarbonyl (C=S) groups is 1. The minimum absolute atomic E-state index is 0.469. The molecule has 0 bridgehead atoms. The molecular weight excluding hydrogens is 414 g/mol. The van der Waals surface area contributed by atoms with E-state index in [1.165, 1.54) is 5.56 Å². The van der Waals surface area contributed by atoms with Gasteiger partial charge in [0.2, 0.25) is 0 Å². The molecular formula is C19H22BrN3O2S. The Hall–Kier alpha value is -2.12. The summed E-state index contributed by atoms with van der Waals surface area (Å²) in [6.45, 7) is 5.24. The lowest BCUT2D eigenvalue weighted by Crippen LogP contribution is -2.31. The number of rotatable bonds is 7. The van der Waals surface area contributed by atoms with E-state index in [9.17, 15) is 0 Å². The normalized spacial score (nSPS) is 10.6. The minimum atomic E-state index is 0.469. The summed E-state index contributed by atoms with van der Waals surface area (Å²) in [4.78, 5) is 0. The van der Waals surface area contributed by atoms with Gasteiger partial charge in [-0.25, -0.2) is 0 Å². The van der Waals surface area contributed by atoms with Gasteiger partial charge in [-0.05, 0) is 59.7 Å². The van der Waals surface area contributed by atoms with E-state index >= 15 is 0 Å². The lowest BCUT2D eigenvalue weighted by molar-refractivity contribution is 0.284. The van der Waals surface area contributed by atoms with Crippen LogP contribution in [0.3, 0.4) is 0 Å². The third-order valence-corrected chi connectivity index (χ3v) is 4.39. The molecule has 2 N–H and O–H groups in total. The van der Waals surface area contributed by atoms with Crippen LogP contribution in [0.5, 0.6) is 11.5 Å². The van der Waals surface area contributed by atoms with Gasteiger partial charge in [-0.1, -0.05) is 29.8 Å². The van der Waals surface area contributed by atoms with E-state index in [0.29, 0.717) is 23.2 Å². The van der Waals surface area contributed by atoms with Crippen molar-refractivity contribution in [1.82, 2.24) is 10.7 Å². The summed E-state index contributed by atoms with van der Waals surface area (Å²) in [6, 6.07) is 11.9. The number of nitrogens with zero attached hydrogens (tertiary/aromatic N) is 1. The van der Waals surface area contributed by atoms with Crippen LogP contribution in [-0.4, -0.2) is 25.0 Å². The van der Waals surface area contributed by atoms with Gasteiger partial charge in [-0.2, -0.15) is 5.10 Å². The molecule has 0 fully saturated rings. The molecule has 0 aromatic heterocycles. The van der Waals surface area contributed by atoms with Gasteiger partial charge in [0.25, 0.3) is 0 Å². The van der Waals surface area contributed by atoms with E-state index in [4.69, 9.17) is 21.7 Å². The van der Waals surface area contributed by atoms with Gasteiger partial charge < -0.3 is 14.8 Å². The molecule has 138 valence electrons. The third kappa shape index (κ3) is 6.00. The molecule has 0 aliphatic heterocycles. The summed E-state index contributed by atoms with van der Waals surface area (Å²) in [5.74, 6) is 1.30. The lowest BCUT2D eigenvalue weighted by Gasteiger charge is -2.13. The molecule has 0 aliphatic rings. The molecule has 0 heterocycles. The Bertz CT molecular complexity index is 796. The van der Waals surface area contributed by atoms with Crippen molar-refractivity contribution in [3.05, 3.63) is 57.6 Å². The second-order valence-corrected chi connectivity index (χ2v) is 6.79. The number of aryl methyl sites for hydroxylation is 1. The molecule has 2 aromatic carbocycles. The Morgan fingerprint density at radius 3 is 2.77 bits per heavy atom. The predicted octanol–water partition coefficient (Wildman–Crippen LogP) is 4.16. The van der Waals surface area contributed by atoms with E-state index in [1.807, 2.05) is 31.2 Å². The number of benzene rings is 2. The lowest BCUT2D eigenvalue weighted by atomic mass is 10.1. The highest BCUT2D eigenvalue weighted by atomic mass is 79.9. The maximum atomic E-state index is 5.93. The van der Waals surface area contributed by atoms with Crippen LogP contribution in [0.4, 0.5) is 0 Å². The van der Waals surface area contributed by atoms with Crippen LogP contribution in [0.2, 0.25) is 0 Å². The number of nitrogens with one attached hydrogen (secondary N) is 2. The number of hydrogen-bond acceptors (Lipinski definition) is 4. The van der Waals surface area contributed by atoms with Crippen molar-refractivity contribution < 1.29 is 9.47 Å². The largest absolute Gasteiger partial charge is 0.493 e. The van der Waals surface area contributed by atoms with Crippen molar-refractivity contribution >= 4 is 39.5 Å². The monoisotopic (exact) mass is 435 g/mol. The second-order valence-electron chi connectivity index (χ2n) is 5.53. The molecule has 0 saturated heterocycles. The van der Waals surface area contributed by atoms with Crippen molar-refractivity contribution in [3.63, 3.8) is 0 Å². The van der Waals surface area contributed by atoms with Gasteiger partial charge in [-0.15, -0.1) is 0 Å². The van der Waals surface area contributed by atoms with Gasteiger partial charge >= 0.3 is 0 Å². The van der Waals surface area contributed by atoms with Gasteiger partial charge in [0, 0.05) is 16.6 Å². The Balaban J connectivity index is 2.10. The van der Waals surface area contributed by atoms with Gasteiger partial charge in [0.05, 0.1) is 13.3 Å². The summed E-state index contributed by atoms with van der Waals surface area (Å²) in [6.07, 6.45) is 1.67. The van der Waals surface area contributed by atoms with Crippen molar-refractivity contribution in [1.29, 1.82) is 0 Å². The quantitative estimate of drug-likeness (QED) is 0.388. The molecule has 2 aromatic rings. The first-order valence-electron chi connectivity index (χ1n) is 8.16. The Kier molecular flexibility index (Phi) is 7.87. The molecule has 26 heavy (non-hydrogen) atoms. The maximum absolute atomic E-state index is 5.93. The van der Waals surface area contributed by atoms with Crippen LogP contribution in [-0.2, 0) is 6.61 Å². The Labute approximate surface area is 167 Å². The SMILES string of the molecule is CCNC(=S)NN=Cc1cc(OC)c(OCc2cccc(C)c2)cc1Br. The fourth-order valence-electron chi connectivity index (χ4n) is 2.25. The zero-order chi connectivity index (χ0) is 18.9. The van der Waals surface area contributed by atoms with Gasteiger partial charge in [0.1, 0.15) is 6.61 Å². The van der Waals surface area contributed by atoms with Crippen LogP contribution in [0, 0.1) is 6.92 Å². The van der Waals surface area contributed by atoms with Crippen molar-refractivity contribution in [3.8, 4) is 11.5 Å². The van der Waals surface area contributed by atoms with Crippen LogP contribution in [0.1, 0.15) is 23.6 Å². The molecule has 0 aliphatic carbocycles. The second kappa shape index (κ2) is 10.1. The average molecular weight is 436 g/mol. The van der Waals surface area contributed by atoms with E-state index in [-0.39, 0.29) is 0 Å². The molecule has 0 amide bonds. The highest BCUT2D eigenvalue weighted by Gasteiger charge is 2.10. The van der Waals surface area contributed by atoms with E-state index < -0.39 is 0 Å². The Morgan fingerprint density at radius 2 is 2.08 bits per heavy atom. The first-order chi connectivity index (χ1) is 12.5. The summed E-state index contributed by atoms with van der Waals surface area (Å²) < 4.78 is 12.2. The molecule has 0 unspecified atom stereocenters. The maximum Gasteiger partial charge on any atom is 0.186 e. The number of methoxy groups -OCH3 is 1. The van der Waals surface area contributed by atoms with Gasteiger partial charge in [0.15, 0.2) is 16.6 Å². The number of hydrazone groups is 1. The fraction of sp³-hybridized carbons (Fsp3) is 0.263. The minimum Gasteiger partial charge on any atom is -0.493 e. The van der Waals surface area contributed by atoms with Crippen LogP contribution in [0.25, 0.3) is 0 Å². The zero-order valence-electron chi connectivity index (χ0n) is 15.0. The summed E-state index contributed by atoms with van der Waals surface area (Å²) >= 11 is 8.61. The molecule has 5 nitrogen and oxygen atoms in total. The first-order valence-corrected chi connectivity index (χ1v) is 9.36. The Morgan fingerprint density at radius 1 is 1.27 bits per heavy atom. The van der Waals surface area contributed by atoms with Crippen molar-refractivity contribution in [2.45, 2.75) is 20.5 Å². The molecule has 0 spiro atoms. The van der Waals surface area contributed by atoms with E-state index in [2.05, 4.69) is 50.8 Å². The number of ether oxygens (including phenoxy) is 2. The van der Waals surface area contributed by atoms with Crippen molar-refractivity contribution in [2.75, 3.05) is 13.7 Å². The highest BCUT2D eigenvalue weighted by molar-refractivity contribution is 9.10. The third-order valence-electron chi connectivity index (χ3n) is 3.47. The molecule has 0 saturated carbocycles. The summed E-state index contributed by atoms with van der Waals surface area (Å²) in [5, 5.41) is 7.57. The van der Waals surface area contributed by atoms with E-state index in [1.54, 1.807) is 13.3 Å². The molecule has 7 heteroatoms. The molecule has 0 radical (unpaired) electrons. The molecule has 0 atom stereocenters.